The van der Waals surface area contributed by atoms with Gasteiger partial charge in [0.05, 0.1) is 25.6 Å². The number of unbranched alkanes of at least 4 members (excludes halogenated alkanes) is 10. The van der Waals surface area contributed by atoms with E-state index in [4.69, 9.17) is 19.7 Å². The van der Waals surface area contributed by atoms with Crippen LogP contribution in [0.4, 0.5) is 5.82 Å². The van der Waals surface area contributed by atoms with E-state index in [1.165, 1.54) is 64.1 Å². The van der Waals surface area contributed by atoms with E-state index in [1.807, 2.05) is 0 Å². The van der Waals surface area contributed by atoms with Gasteiger partial charge in [0.15, 0.2) is 19.1 Å². The summed E-state index contributed by atoms with van der Waals surface area (Å²) >= 11 is 0. The molecule has 0 aromatic carbocycles. The van der Waals surface area contributed by atoms with Gasteiger partial charge in [0.1, 0.15) is 26.3 Å². The Hall–Kier alpha value is -1.80. The number of nitrogens with two attached hydrogens (primary N) is 1. The second-order valence-corrected chi connectivity index (χ2v) is 18.2. The van der Waals surface area contributed by atoms with Crippen molar-refractivity contribution in [3.05, 3.63) is 12.7 Å². The van der Waals surface area contributed by atoms with Gasteiger partial charge in [-0.2, -0.15) is 0 Å². The van der Waals surface area contributed by atoms with Crippen molar-refractivity contribution >= 4 is 32.7 Å². The fraction of sp³-hybridized carbons (Fsp3) is 0.759. The Kier molecular flexibility index (Phi) is 16.7. The second kappa shape index (κ2) is 19.4. The molecule has 2 heterocycles. The van der Waals surface area contributed by atoms with Gasteiger partial charge in [-0.25, -0.2) is 15.0 Å². The van der Waals surface area contributed by atoms with Crippen LogP contribution in [0.3, 0.4) is 0 Å². The number of fused-ring (bicyclic) bond motifs is 1. The highest BCUT2D eigenvalue weighted by atomic mass is 31.2. The molecule has 0 fully saturated rings. The molecule has 0 aliphatic heterocycles. The van der Waals surface area contributed by atoms with Crippen LogP contribution in [0.5, 0.6) is 0 Å². The number of nitrogen functional groups attached to an aromatic ring is 1. The molecule has 232 valence electrons. The maximum atomic E-state index is 12.2. The fourth-order valence-corrected chi connectivity index (χ4v) is 5.82. The summed E-state index contributed by atoms with van der Waals surface area (Å²) in [5, 5.41) is 0. The number of rotatable bonds is 22. The first-order valence-corrected chi connectivity index (χ1v) is 20.4. The Morgan fingerprint density at radius 3 is 2.27 bits per heavy atom. The molecule has 0 aliphatic carbocycles. The Bertz CT molecular complexity index is 1110. The molecule has 0 aliphatic rings. The number of ether oxygens (including phenoxy) is 2. The van der Waals surface area contributed by atoms with Crippen LogP contribution < -0.4 is 10.6 Å². The maximum Gasteiger partial charge on any atom is 0.165 e. The van der Waals surface area contributed by atoms with Crippen molar-refractivity contribution in [2.24, 2.45) is 0 Å². The number of anilines is 1. The Morgan fingerprint density at radius 1 is 0.951 bits per heavy atom. The summed E-state index contributed by atoms with van der Waals surface area (Å²) in [5.74, 6) is 3.66. The van der Waals surface area contributed by atoms with E-state index in [0.717, 1.165) is 12.8 Å². The zero-order valence-electron chi connectivity index (χ0n) is 25.6. The van der Waals surface area contributed by atoms with Crippen molar-refractivity contribution in [1.82, 2.24) is 19.5 Å². The highest BCUT2D eigenvalue weighted by Gasteiger charge is 2.15. The molecule has 0 amide bonds. The minimum atomic E-state index is -4.09. The lowest BCUT2D eigenvalue weighted by Crippen LogP contribution is -2.20. The standard InChI is InChI=1S/C29H52N5O5PSi/c1-26(22-34-24-33-27-28(30)31-23-32-29(27)34)38-25-40(35,36)39-20-17-19-37-18-15-13-11-9-7-5-6-8-10-12-14-16-21-41(2,3)4/h23-24,26H,5-15,17-20,22,25H2,1-4H3,(H,35,36)(H2,30,31,32)/p-1/t26-/m1/s1. The molecule has 10 nitrogen and oxygen atoms in total. The summed E-state index contributed by atoms with van der Waals surface area (Å²) in [4.78, 5) is 24.5. The van der Waals surface area contributed by atoms with Crippen LogP contribution in [0.25, 0.3) is 11.2 Å². The third kappa shape index (κ3) is 16.4. The summed E-state index contributed by atoms with van der Waals surface area (Å²) in [7, 11) is -5.29. The highest BCUT2D eigenvalue weighted by Crippen LogP contribution is 2.37. The van der Waals surface area contributed by atoms with Crippen molar-refractivity contribution in [3.8, 4) is 11.5 Å². The predicted molar refractivity (Wildman–Crippen MR) is 166 cm³/mol. The number of hydrogen-bond donors (Lipinski definition) is 1. The van der Waals surface area contributed by atoms with Gasteiger partial charge >= 0.3 is 0 Å². The average molecular weight is 609 g/mol. The van der Waals surface area contributed by atoms with Gasteiger partial charge in [0.25, 0.3) is 0 Å². The maximum absolute atomic E-state index is 12.2. The smallest absolute Gasteiger partial charge is 0.165 e. The third-order valence-electron chi connectivity index (χ3n) is 6.43. The van der Waals surface area contributed by atoms with Gasteiger partial charge in [-0.15, -0.1) is 11.5 Å². The predicted octanol–water partition coefficient (Wildman–Crippen LogP) is 5.92. The van der Waals surface area contributed by atoms with Gasteiger partial charge in [0, 0.05) is 19.6 Å². The number of aromatic nitrogens is 4. The van der Waals surface area contributed by atoms with E-state index < -0.39 is 28.1 Å². The molecule has 2 N–H and O–H groups in total. The summed E-state index contributed by atoms with van der Waals surface area (Å²) < 4.78 is 30.1. The molecule has 2 atom stereocenters. The molecule has 2 rings (SSSR count). The molecular formula is C29H51N5O5PSi-. The van der Waals surface area contributed by atoms with Crippen LogP contribution in [0.2, 0.25) is 19.6 Å². The molecule has 41 heavy (non-hydrogen) atoms. The number of hydrogen-bond acceptors (Lipinski definition) is 9. The van der Waals surface area contributed by atoms with Crippen molar-refractivity contribution in [2.75, 3.05) is 31.9 Å². The van der Waals surface area contributed by atoms with Crippen molar-refractivity contribution in [2.45, 2.75) is 116 Å². The third-order valence-corrected chi connectivity index (χ3v) is 8.39. The van der Waals surface area contributed by atoms with E-state index in [2.05, 4.69) is 46.1 Å². The van der Waals surface area contributed by atoms with Gasteiger partial charge in [-0.1, -0.05) is 71.0 Å². The monoisotopic (exact) mass is 608 g/mol. The van der Waals surface area contributed by atoms with Crippen LogP contribution in [0, 0.1) is 11.5 Å². The van der Waals surface area contributed by atoms with Gasteiger partial charge in [0.2, 0.25) is 0 Å². The first-order valence-electron chi connectivity index (χ1n) is 15.1. The van der Waals surface area contributed by atoms with Crippen LogP contribution in [0.1, 0.15) is 84.0 Å². The van der Waals surface area contributed by atoms with Crippen LogP contribution in [-0.4, -0.2) is 59.9 Å². The average Bonchev–Trinajstić information content (AvgIpc) is 3.32. The molecule has 1 unspecified atom stereocenters. The Labute approximate surface area is 247 Å². The second-order valence-electron chi connectivity index (χ2n) is 11.7. The highest BCUT2D eigenvalue weighted by molar-refractivity contribution is 7.51. The normalized spacial score (nSPS) is 14.1. The molecule has 0 saturated heterocycles. The first-order chi connectivity index (χ1) is 19.6. The lowest BCUT2D eigenvalue weighted by atomic mass is 10.1. The van der Waals surface area contributed by atoms with E-state index in [9.17, 15) is 9.46 Å². The van der Waals surface area contributed by atoms with Crippen LogP contribution in [0.15, 0.2) is 12.7 Å². The molecule has 0 saturated carbocycles. The summed E-state index contributed by atoms with van der Waals surface area (Å²) in [6.07, 6.45) is 16.2. The molecule has 0 spiro atoms. The van der Waals surface area contributed by atoms with Crippen LogP contribution in [-0.2, 0) is 25.1 Å². The molecule has 0 radical (unpaired) electrons. The molecule has 12 heteroatoms. The quantitative estimate of drug-likeness (QED) is 0.0747. The summed E-state index contributed by atoms with van der Waals surface area (Å²) in [5.41, 5.74) is 10.3. The van der Waals surface area contributed by atoms with E-state index in [1.54, 1.807) is 17.8 Å². The Balaban J connectivity index is 1.37. The summed E-state index contributed by atoms with van der Waals surface area (Å²) in [6.45, 7) is 10.3. The number of nitrogens with zero attached hydrogens (tertiary/aromatic N) is 4. The van der Waals surface area contributed by atoms with E-state index in [0.29, 0.717) is 43.2 Å². The largest absolute Gasteiger partial charge is 0.777 e. The van der Waals surface area contributed by atoms with Crippen molar-refractivity contribution in [3.63, 3.8) is 0 Å². The fourth-order valence-electron chi connectivity index (χ4n) is 4.24. The zero-order chi connectivity index (χ0) is 30.0. The molecule has 0 bridgehead atoms. The minimum Gasteiger partial charge on any atom is -0.777 e. The first kappa shape index (κ1) is 35.4. The molecule has 2 aromatic heterocycles. The van der Waals surface area contributed by atoms with E-state index in [-0.39, 0.29) is 6.61 Å². The molecule has 2 aromatic rings. The molecular weight excluding hydrogens is 557 g/mol. The zero-order valence-corrected chi connectivity index (χ0v) is 27.5. The van der Waals surface area contributed by atoms with Crippen molar-refractivity contribution in [1.29, 1.82) is 0 Å². The lowest BCUT2D eigenvalue weighted by molar-refractivity contribution is -0.205. The Morgan fingerprint density at radius 2 is 1.59 bits per heavy atom. The minimum absolute atomic E-state index is 0.0900. The topological polar surface area (TPSA) is 137 Å². The SMILES string of the molecule is C[C@H](Cn1cnc2c(N)ncnc21)OCP(=O)([O-])OCCCOCCCCCCCCCCCCC#C[Si](C)(C)C. The van der Waals surface area contributed by atoms with Crippen LogP contribution >= 0.6 is 7.60 Å². The van der Waals surface area contributed by atoms with Gasteiger partial charge in [-0.3, -0.25) is 0 Å². The lowest BCUT2D eigenvalue weighted by Gasteiger charge is -2.25. The van der Waals surface area contributed by atoms with E-state index >= 15 is 0 Å². The number of imidazole rings is 1. The van der Waals surface area contributed by atoms with Gasteiger partial charge in [-0.05, 0) is 26.2 Å². The summed E-state index contributed by atoms with van der Waals surface area (Å²) in [6, 6.07) is 0. The van der Waals surface area contributed by atoms with Gasteiger partial charge < -0.3 is 33.8 Å². The van der Waals surface area contributed by atoms with Crippen molar-refractivity contribution < 1.29 is 23.5 Å².